The van der Waals surface area contributed by atoms with Crippen molar-refractivity contribution in [1.29, 1.82) is 5.26 Å². The Hall–Kier alpha value is -2.10. The molecule has 0 unspecified atom stereocenters. The van der Waals surface area contributed by atoms with Gasteiger partial charge in [-0.2, -0.15) is 18.4 Å². The standard InChI is InChI=1S/C8H3F3N2O2/c9-8(10,11)7-5(4-12)2-1-3-6(7)13(14)15/h1-3H. The zero-order valence-electron chi connectivity index (χ0n) is 7.08. The Labute approximate surface area is 81.7 Å². The molecule has 0 saturated heterocycles. The lowest BCUT2D eigenvalue weighted by molar-refractivity contribution is -0.388. The van der Waals surface area contributed by atoms with Gasteiger partial charge in [-0.25, -0.2) is 0 Å². The summed E-state index contributed by atoms with van der Waals surface area (Å²) in [6.07, 6.45) is -4.91. The molecule has 7 heteroatoms. The normalized spacial score (nSPS) is 10.8. The van der Waals surface area contributed by atoms with E-state index in [4.69, 9.17) is 5.26 Å². The van der Waals surface area contributed by atoms with Gasteiger partial charge in [-0.1, -0.05) is 6.07 Å². The Kier molecular flexibility index (Phi) is 2.61. The van der Waals surface area contributed by atoms with Crippen molar-refractivity contribution in [1.82, 2.24) is 0 Å². The van der Waals surface area contributed by atoms with Crippen LogP contribution in [0.1, 0.15) is 11.1 Å². The molecule has 0 aliphatic heterocycles. The summed E-state index contributed by atoms with van der Waals surface area (Å²) in [4.78, 5) is 9.17. The Morgan fingerprint density at radius 1 is 1.40 bits per heavy atom. The fourth-order valence-corrected chi connectivity index (χ4v) is 1.08. The van der Waals surface area contributed by atoms with E-state index >= 15 is 0 Å². The van der Waals surface area contributed by atoms with Crippen LogP contribution in [0.25, 0.3) is 0 Å². The topological polar surface area (TPSA) is 66.9 Å². The second-order valence-corrected chi connectivity index (χ2v) is 2.57. The molecular formula is C8H3F3N2O2. The first-order chi connectivity index (χ1) is 6.88. The van der Waals surface area contributed by atoms with Gasteiger partial charge in [0.15, 0.2) is 5.56 Å². The highest BCUT2D eigenvalue weighted by Crippen LogP contribution is 2.37. The molecule has 0 saturated carbocycles. The number of hydrogen-bond acceptors (Lipinski definition) is 3. The lowest BCUT2D eigenvalue weighted by Gasteiger charge is -2.08. The number of nitro groups is 1. The van der Waals surface area contributed by atoms with Crippen molar-refractivity contribution in [3.8, 4) is 6.07 Å². The molecule has 15 heavy (non-hydrogen) atoms. The first kappa shape index (κ1) is 11.0. The van der Waals surface area contributed by atoms with Crippen molar-refractivity contribution in [2.45, 2.75) is 6.18 Å². The second kappa shape index (κ2) is 3.57. The molecule has 0 aromatic heterocycles. The maximum Gasteiger partial charge on any atom is 0.424 e. The Morgan fingerprint density at radius 2 is 2.00 bits per heavy atom. The number of nitriles is 1. The van der Waals surface area contributed by atoms with Crippen molar-refractivity contribution in [3.05, 3.63) is 39.4 Å². The molecule has 78 valence electrons. The summed E-state index contributed by atoms with van der Waals surface area (Å²) in [6, 6.07) is 3.90. The van der Waals surface area contributed by atoms with Crippen LogP contribution in [-0.4, -0.2) is 4.92 Å². The van der Waals surface area contributed by atoms with E-state index < -0.39 is 27.9 Å². The molecule has 0 bridgehead atoms. The van der Waals surface area contributed by atoms with E-state index in [1.54, 1.807) is 0 Å². The third-order valence-corrected chi connectivity index (χ3v) is 1.64. The number of halogens is 3. The van der Waals surface area contributed by atoms with E-state index in [-0.39, 0.29) is 0 Å². The van der Waals surface area contributed by atoms with Gasteiger partial charge in [0.2, 0.25) is 0 Å². The minimum Gasteiger partial charge on any atom is -0.258 e. The highest BCUT2D eigenvalue weighted by Gasteiger charge is 2.40. The molecule has 0 atom stereocenters. The Bertz CT molecular complexity index is 448. The number of alkyl halides is 3. The fourth-order valence-electron chi connectivity index (χ4n) is 1.08. The van der Waals surface area contributed by atoms with E-state index in [1.165, 1.54) is 6.07 Å². The molecule has 0 aliphatic carbocycles. The van der Waals surface area contributed by atoms with Crippen molar-refractivity contribution in [2.75, 3.05) is 0 Å². The molecule has 4 nitrogen and oxygen atoms in total. The first-order valence-electron chi connectivity index (χ1n) is 3.62. The number of nitro benzene ring substituents is 1. The molecule has 0 fully saturated rings. The monoisotopic (exact) mass is 216 g/mol. The van der Waals surface area contributed by atoms with Gasteiger partial charge in [0.1, 0.15) is 6.07 Å². The number of rotatable bonds is 1. The van der Waals surface area contributed by atoms with Crippen LogP contribution >= 0.6 is 0 Å². The van der Waals surface area contributed by atoms with Crippen LogP contribution in [0.15, 0.2) is 18.2 Å². The van der Waals surface area contributed by atoms with Gasteiger partial charge in [-0.05, 0) is 6.07 Å². The maximum atomic E-state index is 12.4. The molecule has 0 heterocycles. The summed E-state index contributed by atoms with van der Waals surface area (Å²) in [5.74, 6) is 0. The first-order valence-corrected chi connectivity index (χ1v) is 3.62. The largest absolute Gasteiger partial charge is 0.424 e. The minimum absolute atomic E-state index is 0.712. The summed E-state index contributed by atoms with van der Waals surface area (Å²) in [5, 5.41) is 18.7. The van der Waals surface area contributed by atoms with Gasteiger partial charge in [-0.3, -0.25) is 10.1 Å². The minimum atomic E-state index is -4.91. The summed E-state index contributed by atoms with van der Waals surface area (Å²) in [6.45, 7) is 0. The fraction of sp³-hybridized carbons (Fsp3) is 0.125. The van der Waals surface area contributed by atoms with Gasteiger partial charge in [-0.15, -0.1) is 0 Å². The van der Waals surface area contributed by atoms with Gasteiger partial charge in [0.05, 0.1) is 10.5 Å². The van der Waals surface area contributed by atoms with Crippen LogP contribution in [0.4, 0.5) is 18.9 Å². The van der Waals surface area contributed by atoms with Gasteiger partial charge >= 0.3 is 6.18 Å². The Morgan fingerprint density at radius 3 is 2.40 bits per heavy atom. The van der Waals surface area contributed by atoms with Crippen LogP contribution in [0.3, 0.4) is 0 Å². The predicted molar refractivity (Wildman–Crippen MR) is 42.8 cm³/mol. The van der Waals surface area contributed by atoms with E-state index in [0.717, 1.165) is 12.1 Å². The van der Waals surface area contributed by atoms with E-state index in [0.29, 0.717) is 6.07 Å². The molecule has 1 aromatic carbocycles. The second-order valence-electron chi connectivity index (χ2n) is 2.57. The molecule has 0 radical (unpaired) electrons. The van der Waals surface area contributed by atoms with Crippen LogP contribution in [0.5, 0.6) is 0 Å². The van der Waals surface area contributed by atoms with E-state index in [2.05, 4.69) is 0 Å². The average Bonchev–Trinajstić information content (AvgIpc) is 2.15. The molecule has 0 amide bonds. The summed E-state index contributed by atoms with van der Waals surface area (Å²) >= 11 is 0. The summed E-state index contributed by atoms with van der Waals surface area (Å²) < 4.78 is 37.2. The molecule has 0 aliphatic rings. The molecular weight excluding hydrogens is 213 g/mol. The number of benzene rings is 1. The number of hydrogen-bond donors (Lipinski definition) is 0. The van der Waals surface area contributed by atoms with Crippen molar-refractivity contribution >= 4 is 5.69 Å². The zero-order chi connectivity index (χ0) is 11.6. The molecule has 1 aromatic rings. The lowest BCUT2D eigenvalue weighted by Crippen LogP contribution is -2.11. The van der Waals surface area contributed by atoms with E-state index in [1.807, 2.05) is 0 Å². The Balaban J connectivity index is 3.57. The van der Waals surface area contributed by atoms with E-state index in [9.17, 15) is 23.3 Å². The van der Waals surface area contributed by atoms with Crippen LogP contribution < -0.4 is 0 Å². The van der Waals surface area contributed by atoms with Crippen molar-refractivity contribution in [2.24, 2.45) is 0 Å². The number of nitrogens with zero attached hydrogens (tertiary/aromatic N) is 2. The third-order valence-electron chi connectivity index (χ3n) is 1.64. The molecule has 1 rings (SSSR count). The van der Waals surface area contributed by atoms with Gasteiger partial charge in [0, 0.05) is 6.07 Å². The highest BCUT2D eigenvalue weighted by atomic mass is 19.4. The molecule has 0 N–H and O–H groups in total. The average molecular weight is 216 g/mol. The van der Waals surface area contributed by atoms with Crippen molar-refractivity contribution < 1.29 is 18.1 Å². The van der Waals surface area contributed by atoms with Crippen molar-refractivity contribution in [3.63, 3.8) is 0 Å². The SMILES string of the molecule is N#Cc1cccc([N+](=O)[O-])c1C(F)(F)F. The van der Waals surface area contributed by atoms with Crippen LogP contribution in [-0.2, 0) is 6.18 Å². The smallest absolute Gasteiger partial charge is 0.258 e. The predicted octanol–water partition coefficient (Wildman–Crippen LogP) is 2.49. The summed E-state index contributed by atoms with van der Waals surface area (Å²) in [7, 11) is 0. The van der Waals surface area contributed by atoms with Gasteiger partial charge < -0.3 is 0 Å². The van der Waals surface area contributed by atoms with Crippen LogP contribution in [0.2, 0.25) is 0 Å². The lowest BCUT2D eigenvalue weighted by atomic mass is 10.1. The molecule has 0 spiro atoms. The van der Waals surface area contributed by atoms with Crippen LogP contribution in [0, 0.1) is 21.4 Å². The quantitative estimate of drug-likeness (QED) is 0.534. The summed E-state index contributed by atoms with van der Waals surface area (Å²) in [5.41, 5.74) is -3.37. The zero-order valence-corrected chi connectivity index (χ0v) is 7.08. The van der Waals surface area contributed by atoms with Gasteiger partial charge in [0.25, 0.3) is 5.69 Å². The highest BCUT2D eigenvalue weighted by molar-refractivity contribution is 5.52. The maximum absolute atomic E-state index is 12.4. The third kappa shape index (κ3) is 2.04.